The van der Waals surface area contributed by atoms with Crippen LogP contribution in [0.25, 0.3) is 0 Å². The van der Waals surface area contributed by atoms with Gasteiger partial charge in [-0.25, -0.2) is 0 Å². The second kappa shape index (κ2) is 15.0. The standard InChI is InChI=1S/C24H34N6O9/c1-12(2)20(24(37)27-14(4)22(35)28-16-6-8-17(9-7-16)30(38)39)29-23(36)15(5)26-21(34)13(3)25-18(31)10-11-19(32)33/h6-9,12-15,20H,10-11H2,1-5H3,(H,25,31)(H,26,34)(H,27,37)(H,28,35)(H,29,36)(H,32,33)/t13-,14-,15+,20+/m0/s1. The first-order chi connectivity index (χ1) is 18.1. The largest absolute Gasteiger partial charge is 0.481 e. The molecule has 39 heavy (non-hydrogen) atoms. The van der Waals surface area contributed by atoms with E-state index in [-0.39, 0.29) is 17.8 Å². The molecule has 15 nitrogen and oxygen atoms in total. The number of carbonyl (C=O) groups is 6. The van der Waals surface area contributed by atoms with Crippen molar-refractivity contribution in [2.75, 3.05) is 5.32 Å². The van der Waals surface area contributed by atoms with Crippen LogP contribution in [-0.4, -0.2) is 69.7 Å². The number of nitrogens with zero attached hydrogens (tertiary/aromatic N) is 1. The number of anilines is 1. The fourth-order valence-corrected chi connectivity index (χ4v) is 3.10. The Morgan fingerprint density at radius 1 is 0.744 bits per heavy atom. The van der Waals surface area contributed by atoms with E-state index in [1.807, 2.05) is 0 Å². The molecule has 1 rings (SSSR count). The number of nitro groups is 1. The van der Waals surface area contributed by atoms with Crippen molar-refractivity contribution in [3.8, 4) is 0 Å². The molecule has 1 aromatic rings. The van der Waals surface area contributed by atoms with E-state index in [4.69, 9.17) is 5.11 Å². The molecule has 0 spiro atoms. The predicted molar refractivity (Wildman–Crippen MR) is 138 cm³/mol. The maximum absolute atomic E-state index is 12.8. The van der Waals surface area contributed by atoms with E-state index in [9.17, 15) is 38.9 Å². The molecule has 0 unspecified atom stereocenters. The highest BCUT2D eigenvalue weighted by molar-refractivity contribution is 5.99. The molecular formula is C24H34N6O9. The van der Waals surface area contributed by atoms with Gasteiger partial charge in [0.25, 0.3) is 5.69 Å². The molecule has 0 bridgehead atoms. The van der Waals surface area contributed by atoms with Gasteiger partial charge < -0.3 is 31.7 Å². The van der Waals surface area contributed by atoms with Gasteiger partial charge in [-0.3, -0.25) is 38.9 Å². The lowest BCUT2D eigenvalue weighted by Crippen LogP contribution is -2.58. The predicted octanol–water partition coefficient (Wildman–Crippen LogP) is 0.0530. The number of non-ortho nitro benzene ring substituents is 1. The van der Waals surface area contributed by atoms with E-state index in [1.54, 1.807) is 13.8 Å². The number of benzene rings is 1. The zero-order chi connectivity index (χ0) is 29.9. The SMILES string of the molecule is CC(C)[C@@H](NC(=O)[C@@H](C)NC(=O)[C@H](C)NC(=O)CCC(=O)O)C(=O)N[C@@H](C)C(=O)Nc1ccc([N+](=O)[O-])cc1. The van der Waals surface area contributed by atoms with Crippen LogP contribution in [-0.2, 0) is 28.8 Å². The molecule has 0 heterocycles. The molecule has 1 aromatic carbocycles. The fraction of sp³-hybridized carbons (Fsp3) is 0.500. The molecule has 0 aliphatic rings. The first-order valence-corrected chi connectivity index (χ1v) is 12.1. The number of nitro benzene ring substituents is 1. The summed E-state index contributed by atoms with van der Waals surface area (Å²) in [6.45, 7) is 7.51. The van der Waals surface area contributed by atoms with Crippen molar-refractivity contribution < 1.29 is 38.8 Å². The molecule has 0 aliphatic carbocycles. The van der Waals surface area contributed by atoms with Crippen molar-refractivity contribution in [1.82, 2.24) is 21.3 Å². The van der Waals surface area contributed by atoms with Crippen LogP contribution < -0.4 is 26.6 Å². The Balaban J connectivity index is 2.67. The van der Waals surface area contributed by atoms with Gasteiger partial charge in [-0.15, -0.1) is 0 Å². The summed E-state index contributed by atoms with van der Waals surface area (Å²) >= 11 is 0. The molecule has 0 fully saturated rings. The van der Waals surface area contributed by atoms with Crippen molar-refractivity contribution in [1.29, 1.82) is 0 Å². The summed E-state index contributed by atoms with van der Waals surface area (Å²) in [6, 6.07) is 0.926. The molecule has 6 N–H and O–H groups in total. The molecule has 0 aliphatic heterocycles. The van der Waals surface area contributed by atoms with Gasteiger partial charge in [0.2, 0.25) is 29.5 Å². The minimum absolute atomic E-state index is 0.148. The Hall–Kier alpha value is -4.56. The maximum atomic E-state index is 12.8. The Bertz CT molecular complexity index is 1090. The van der Waals surface area contributed by atoms with Gasteiger partial charge >= 0.3 is 5.97 Å². The third-order valence-corrected chi connectivity index (χ3v) is 5.43. The third-order valence-electron chi connectivity index (χ3n) is 5.43. The maximum Gasteiger partial charge on any atom is 0.303 e. The lowest BCUT2D eigenvalue weighted by atomic mass is 10.0. The monoisotopic (exact) mass is 550 g/mol. The summed E-state index contributed by atoms with van der Waals surface area (Å²) < 4.78 is 0. The number of nitrogens with one attached hydrogen (secondary N) is 5. The first-order valence-electron chi connectivity index (χ1n) is 12.1. The summed E-state index contributed by atoms with van der Waals surface area (Å²) in [5.74, 6) is -4.81. The van der Waals surface area contributed by atoms with Crippen molar-refractivity contribution in [3.05, 3.63) is 34.4 Å². The third kappa shape index (κ3) is 11.2. The van der Waals surface area contributed by atoms with Gasteiger partial charge in [0.05, 0.1) is 11.3 Å². The Morgan fingerprint density at radius 3 is 1.74 bits per heavy atom. The van der Waals surface area contributed by atoms with Crippen LogP contribution in [0.4, 0.5) is 11.4 Å². The molecule has 4 atom stereocenters. The Morgan fingerprint density at radius 2 is 1.23 bits per heavy atom. The average Bonchev–Trinajstić information content (AvgIpc) is 2.85. The van der Waals surface area contributed by atoms with Gasteiger partial charge in [-0.2, -0.15) is 0 Å². The number of hydrogen-bond donors (Lipinski definition) is 6. The fourth-order valence-electron chi connectivity index (χ4n) is 3.10. The van der Waals surface area contributed by atoms with Gasteiger partial charge in [0.15, 0.2) is 0 Å². The van der Waals surface area contributed by atoms with E-state index < -0.39 is 76.9 Å². The van der Waals surface area contributed by atoms with E-state index in [1.165, 1.54) is 45.0 Å². The van der Waals surface area contributed by atoms with Crippen LogP contribution in [0.15, 0.2) is 24.3 Å². The van der Waals surface area contributed by atoms with Crippen LogP contribution >= 0.6 is 0 Å². The number of rotatable bonds is 14. The van der Waals surface area contributed by atoms with Crippen LogP contribution in [0.1, 0.15) is 47.5 Å². The minimum atomic E-state index is -1.16. The van der Waals surface area contributed by atoms with E-state index >= 15 is 0 Å². The van der Waals surface area contributed by atoms with Crippen molar-refractivity contribution in [2.24, 2.45) is 5.92 Å². The Labute approximate surface area is 224 Å². The number of hydrogen-bond acceptors (Lipinski definition) is 8. The number of amides is 5. The highest BCUT2D eigenvalue weighted by Crippen LogP contribution is 2.15. The zero-order valence-corrected chi connectivity index (χ0v) is 22.3. The summed E-state index contributed by atoms with van der Waals surface area (Å²) in [5, 5.41) is 31.7. The molecule has 5 amide bonds. The highest BCUT2D eigenvalue weighted by atomic mass is 16.6. The summed E-state index contributed by atoms with van der Waals surface area (Å²) in [6.07, 6.45) is -0.701. The van der Waals surface area contributed by atoms with E-state index in [0.717, 1.165) is 0 Å². The molecule has 15 heteroatoms. The number of carbonyl (C=O) groups excluding carboxylic acids is 5. The van der Waals surface area contributed by atoms with Crippen molar-refractivity contribution in [3.63, 3.8) is 0 Å². The number of carboxylic acid groups (broad SMARTS) is 1. The van der Waals surface area contributed by atoms with Crippen molar-refractivity contribution in [2.45, 2.75) is 71.6 Å². The van der Waals surface area contributed by atoms with E-state index in [2.05, 4.69) is 26.6 Å². The lowest BCUT2D eigenvalue weighted by molar-refractivity contribution is -0.384. The van der Waals surface area contributed by atoms with Crippen LogP contribution in [0.3, 0.4) is 0 Å². The minimum Gasteiger partial charge on any atom is -0.481 e. The number of aliphatic carboxylic acids is 1. The molecule has 0 saturated heterocycles. The molecule has 0 aromatic heterocycles. The summed E-state index contributed by atoms with van der Waals surface area (Å²) in [5.41, 5.74) is 0.141. The zero-order valence-electron chi connectivity index (χ0n) is 22.3. The van der Waals surface area contributed by atoms with Gasteiger partial charge in [-0.1, -0.05) is 13.8 Å². The average molecular weight is 551 g/mol. The van der Waals surface area contributed by atoms with Gasteiger partial charge in [0.1, 0.15) is 24.2 Å². The van der Waals surface area contributed by atoms with Gasteiger partial charge in [-0.05, 0) is 38.8 Å². The normalized spacial score (nSPS) is 13.7. The van der Waals surface area contributed by atoms with Gasteiger partial charge in [0, 0.05) is 24.2 Å². The topological polar surface area (TPSA) is 226 Å². The number of carboxylic acids is 1. The van der Waals surface area contributed by atoms with Crippen LogP contribution in [0.5, 0.6) is 0 Å². The van der Waals surface area contributed by atoms with Crippen LogP contribution in [0, 0.1) is 16.0 Å². The first kappa shape index (κ1) is 32.5. The van der Waals surface area contributed by atoms with E-state index in [0.29, 0.717) is 0 Å². The second-order valence-corrected chi connectivity index (χ2v) is 9.17. The second-order valence-electron chi connectivity index (χ2n) is 9.17. The molecule has 0 saturated carbocycles. The quantitative estimate of drug-likeness (QED) is 0.136. The van der Waals surface area contributed by atoms with Crippen LogP contribution in [0.2, 0.25) is 0 Å². The highest BCUT2D eigenvalue weighted by Gasteiger charge is 2.29. The smallest absolute Gasteiger partial charge is 0.303 e. The van der Waals surface area contributed by atoms with Crippen molar-refractivity contribution >= 4 is 46.9 Å². The molecular weight excluding hydrogens is 516 g/mol. The summed E-state index contributed by atoms with van der Waals surface area (Å²) in [7, 11) is 0. The summed E-state index contributed by atoms with van der Waals surface area (Å²) in [4.78, 5) is 82.8. The Kier molecular flexibility index (Phi) is 12.5. The molecule has 214 valence electrons. The molecule has 0 radical (unpaired) electrons. The lowest BCUT2D eigenvalue weighted by Gasteiger charge is -2.26.